The third kappa shape index (κ3) is 3.01. The predicted octanol–water partition coefficient (Wildman–Crippen LogP) is 1.86. The number of aromatic nitrogens is 5. The normalized spacial score (nSPS) is 16.8. The molecule has 1 aliphatic rings. The molecule has 1 fully saturated rings. The molecule has 0 N–H and O–H groups in total. The number of hydrogen-bond acceptors (Lipinski definition) is 6. The SMILES string of the molecule is Cc1cccnc1S(=O)(=O)Cc1nnnn1C1CCCCC1. The fraction of sp³-hybridized carbons (Fsp3) is 0.571. The molecule has 22 heavy (non-hydrogen) atoms. The van der Waals surface area contributed by atoms with Gasteiger partial charge in [0.05, 0.1) is 6.04 Å². The van der Waals surface area contributed by atoms with Gasteiger partial charge < -0.3 is 0 Å². The molecular formula is C14H19N5O2S. The van der Waals surface area contributed by atoms with E-state index >= 15 is 0 Å². The van der Waals surface area contributed by atoms with Crippen LogP contribution in [0.1, 0.15) is 49.5 Å². The maximum Gasteiger partial charge on any atom is 0.203 e. The zero-order valence-electron chi connectivity index (χ0n) is 12.5. The largest absolute Gasteiger partial charge is 0.244 e. The molecule has 0 bridgehead atoms. The van der Waals surface area contributed by atoms with Crippen LogP contribution in [0.15, 0.2) is 23.4 Å². The highest BCUT2D eigenvalue weighted by Crippen LogP contribution is 2.28. The van der Waals surface area contributed by atoms with Crippen molar-refractivity contribution in [2.24, 2.45) is 0 Å². The van der Waals surface area contributed by atoms with E-state index in [-0.39, 0.29) is 16.8 Å². The van der Waals surface area contributed by atoms with E-state index in [2.05, 4.69) is 20.5 Å². The Labute approximate surface area is 129 Å². The van der Waals surface area contributed by atoms with E-state index in [1.807, 2.05) is 0 Å². The number of rotatable bonds is 4. The smallest absolute Gasteiger partial charge is 0.203 e. The van der Waals surface area contributed by atoms with Crippen molar-refractivity contribution in [1.29, 1.82) is 0 Å². The lowest BCUT2D eigenvalue weighted by Crippen LogP contribution is -2.19. The summed E-state index contributed by atoms with van der Waals surface area (Å²) in [6.45, 7) is 1.74. The predicted molar refractivity (Wildman–Crippen MR) is 79.8 cm³/mol. The van der Waals surface area contributed by atoms with Crippen LogP contribution in [0.25, 0.3) is 0 Å². The van der Waals surface area contributed by atoms with Crippen LogP contribution < -0.4 is 0 Å². The number of tetrazole rings is 1. The van der Waals surface area contributed by atoms with Crippen molar-refractivity contribution in [1.82, 2.24) is 25.2 Å². The Morgan fingerprint density at radius 2 is 2.05 bits per heavy atom. The van der Waals surface area contributed by atoms with E-state index < -0.39 is 9.84 Å². The van der Waals surface area contributed by atoms with Gasteiger partial charge >= 0.3 is 0 Å². The standard InChI is InChI=1S/C14H19N5O2S/c1-11-6-5-9-15-14(11)22(20,21)10-13-16-17-18-19(13)12-7-3-2-4-8-12/h5-6,9,12H,2-4,7-8,10H2,1H3. The summed E-state index contributed by atoms with van der Waals surface area (Å²) in [6.07, 6.45) is 6.98. The Bertz CT molecular complexity index is 750. The minimum atomic E-state index is -3.55. The summed E-state index contributed by atoms with van der Waals surface area (Å²) in [7, 11) is -3.55. The summed E-state index contributed by atoms with van der Waals surface area (Å²) in [5.74, 6) is 0.186. The van der Waals surface area contributed by atoms with Crippen LogP contribution in [0.5, 0.6) is 0 Å². The second-order valence-electron chi connectivity index (χ2n) is 5.72. The van der Waals surface area contributed by atoms with E-state index in [0.717, 1.165) is 25.7 Å². The molecule has 7 nitrogen and oxygen atoms in total. The molecule has 3 rings (SSSR count). The molecule has 2 aromatic rings. The minimum Gasteiger partial charge on any atom is -0.244 e. The first-order valence-corrected chi connectivity index (χ1v) is 9.14. The van der Waals surface area contributed by atoms with Crippen LogP contribution in [0, 0.1) is 6.92 Å². The quantitative estimate of drug-likeness (QED) is 0.853. The van der Waals surface area contributed by atoms with E-state index in [9.17, 15) is 8.42 Å². The molecule has 0 spiro atoms. The maximum absolute atomic E-state index is 12.6. The summed E-state index contributed by atoms with van der Waals surface area (Å²) in [5, 5.41) is 11.7. The average Bonchev–Trinajstić information content (AvgIpc) is 2.96. The molecular weight excluding hydrogens is 302 g/mol. The molecule has 0 atom stereocenters. The topological polar surface area (TPSA) is 90.6 Å². The van der Waals surface area contributed by atoms with E-state index in [1.165, 1.54) is 12.6 Å². The zero-order valence-corrected chi connectivity index (χ0v) is 13.3. The molecule has 2 aromatic heterocycles. The van der Waals surface area contributed by atoms with Crippen molar-refractivity contribution in [3.8, 4) is 0 Å². The minimum absolute atomic E-state index is 0.105. The molecule has 8 heteroatoms. The van der Waals surface area contributed by atoms with Crippen LogP contribution in [-0.2, 0) is 15.6 Å². The van der Waals surface area contributed by atoms with Gasteiger partial charge in [-0.2, -0.15) is 0 Å². The van der Waals surface area contributed by atoms with Crippen molar-refractivity contribution in [3.63, 3.8) is 0 Å². The van der Waals surface area contributed by atoms with Gasteiger partial charge in [-0.3, -0.25) is 0 Å². The number of hydrogen-bond donors (Lipinski definition) is 0. The monoisotopic (exact) mass is 321 g/mol. The van der Waals surface area contributed by atoms with Crippen LogP contribution in [0.2, 0.25) is 0 Å². The summed E-state index contributed by atoms with van der Waals surface area (Å²) in [5.41, 5.74) is 0.638. The second-order valence-corrected chi connectivity index (χ2v) is 7.62. The van der Waals surface area contributed by atoms with Gasteiger partial charge in [-0.25, -0.2) is 18.1 Å². The third-order valence-electron chi connectivity index (χ3n) is 4.06. The molecule has 1 saturated carbocycles. The van der Waals surface area contributed by atoms with Crippen LogP contribution in [0.3, 0.4) is 0 Å². The van der Waals surface area contributed by atoms with Crippen LogP contribution in [0.4, 0.5) is 0 Å². The fourth-order valence-corrected chi connectivity index (χ4v) is 4.40. The fourth-order valence-electron chi connectivity index (χ4n) is 2.95. The first kappa shape index (κ1) is 15.1. The first-order valence-electron chi connectivity index (χ1n) is 7.49. The molecule has 0 amide bonds. The molecule has 0 radical (unpaired) electrons. The Kier molecular flexibility index (Phi) is 4.19. The number of aryl methyl sites for hydroxylation is 1. The lowest BCUT2D eigenvalue weighted by atomic mass is 9.96. The molecule has 0 saturated heterocycles. The van der Waals surface area contributed by atoms with Gasteiger partial charge in [0, 0.05) is 6.20 Å². The van der Waals surface area contributed by atoms with Gasteiger partial charge in [-0.1, -0.05) is 25.3 Å². The molecule has 0 aliphatic heterocycles. The van der Waals surface area contributed by atoms with Crippen molar-refractivity contribution in [2.45, 2.75) is 55.8 Å². The maximum atomic E-state index is 12.6. The highest BCUT2D eigenvalue weighted by atomic mass is 32.2. The van der Waals surface area contributed by atoms with Gasteiger partial charge in [0.2, 0.25) is 9.84 Å². The van der Waals surface area contributed by atoms with Crippen molar-refractivity contribution in [3.05, 3.63) is 29.7 Å². The summed E-state index contributed by atoms with van der Waals surface area (Å²) < 4.78 is 26.9. The molecule has 0 unspecified atom stereocenters. The zero-order chi connectivity index (χ0) is 15.6. The number of nitrogens with zero attached hydrogens (tertiary/aromatic N) is 5. The molecule has 118 valence electrons. The van der Waals surface area contributed by atoms with Crippen LogP contribution >= 0.6 is 0 Å². The molecule has 0 aromatic carbocycles. The lowest BCUT2D eigenvalue weighted by molar-refractivity contribution is 0.318. The average molecular weight is 321 g/mol. The van der Waals surface area contributed by atoms with Gasteiger partial charge in [0.15, 0.2) is 10.9 Å². The Hall–Kier alpha value is -1.83. The molecule has 2 heterocycles. The van der Waals surface area contributed by atoms with Gasteiger partial charge in [-0.15, -0.1) is 5.10 Å². The summed E-state index contributed by atoms with van der Waals surface area (Å²) >= 11 is 0. The molecule has 1 aliphatic carbocycles. The van der Waals surface area contributed by atoms with Crippen molar-refractivity contribution in [2.75, 3.05) is 0 Å². The van der Waals surface area contributed by atoms with E-state index in [0.29, 0.717) is 11.4 Å². The summed E-state index contributed by atoms with van der Waals surface area (Å²) in [4.78, 5) is 4.01. The van der Waals surface area contributed by atoms with E-state index in [1.54, 1.807) is 23.7 Å². The number of sulfone groups is 1. The van der Waals surface area contributed by atoms with Crippen LogP contribution in [-0.4, -0.2) is 33.6 Å². The highest BCUT2D eigenvalue weighted by Gasteiger charge is 2.26. The lowest BCUT2D eigenvalue weighted by Gasteiger charge is -2.22. The Morgan fingerprint density at radius 3 is 2.77 bits per heavy atom. The summed E-state index contributed by atoms with van der Waals surface area (Å²) in [6, 6.07) is 3.67. The van der Waals surface area contributed by atoms with Gasteiger partial charge in [0.1, 0.15) is 5.75 Å². The van der Waals surface area contributed by atoms with Gasteiger partial charge in [-0.05, 0) is 41.8 Å². The number of pyridine rings is 1. The van der Waals surface area contributed by atoms with Crippen molar-refractivity contribution < 1.29 is 8.42 Å². The van der Waals surface area contributed by atoms with Gasteiger partial charge in [0.25, 0.3) is 0 Å². The third-order valence-corrected chi connectivity index (χ3v) is 5.71. The highest BCUT2D eigenvalue weighted by molar-refractivity contribution is 7.90. The second kappa shape index (κ2) is 6.12. The van der Waals surface area contributed by atoms with E-state index in [4.69, 9.17) is 0 Å². The van der Waals surface area contributed by atoms with Crippen molar-refractivity contribution >= 4 is 9.84 Å². The Morgan fingerprint density at radius 1 is 1.27 bits per heavy atom. The first-order chi connectivity index (χ1) is 10.6. The Balaban J connectivity index is 1.87.